The topological polar surface area (TPSA) is 97.1 Å². The molecule has 7 nitrogen and oxygen atoms in total. The molecule has 1 aliphatic rings. The predicted octanol–water partition coefficient (Wildman–Crippen LogP) is 1.99. The number of rotatable bonds is 4. The highest BCUT2D eigenvalue weighted by atomic mass is 35.5. The van der Waals surface area contributed by atoms with Crippen molar-refractivity contribution in [1.82, 2.24) is 15.5 Å². The fourth-order valence-electron chi connectivity index (χ4n) is 1.85. The SMILES string of the molecule is O=C(NCc1nc(C2CC2)no1)C(=O)Nc1ccc(F)c(Cl)c1. The number of benzene rings is 1. The fraction of sp³-hybridized carbons (Fsp3) is 0.286. The molecule has 2 aromatic rings. The quantitative estimate of drug-likeness (QED) is 0.831. The van der Waals surface area contributed by atoms with Crippen LogP contribution < -0.4 is 10.6 Å². The van der Waals surface area contributed by atoms with Crippen LogP contribution >= 0.6 is 11.6 Å². The highest BCUT2D eigenvalue weighted by molar-refractivity contribution is 6.39. The van der Waals surface area contributed by atoms with E-state index in [4.69, 9.17) is 16.1 Å². The Balaban J connectivity index is 1.52. The third-order valence-corrected chi connectivity index (χ3v) is 3.50. The maximum Gasteiger partial charge on any atom is 0.313 e. The van der Waals surface area contributed by atoms with E-state index in [1.165, 1.54) is 12.1 Å². The van der Waals surface area contributed by atoms with Gasteiger partial charge in [-0.2, -0.15) is 4.98 Å². The van der Waals surface area contributed by atoms with Crippen LogP contribution in [0.2, 0.25) is 5.02 Å². The largest absolute Gasteiger partial charge is 0.339 e. The number of carbonyl (C=O) groups is 2. The molecule has 0 spiro atoms. The molecule has 0 radical (unpaired) electrons. The number of hydrogen-bond acceptors (Lipinski definition) is 5. The minimum absolute atomic E-state index is 0.0455. The van der Waals surface area contributed by atoms with Gasteiger partial charge in [0, 0.05) is 11.6 Å². The van der Waals surface area contributed by atoms with Crippen molar-refractivity contribution < 1.29 is 18.5 Å². The molecule has 2 amide bonds. The van der Waals surface area contributed by atoms with Crippen LogP contribution in [0.15, 0.2) is 22.7 Å². The first-order valence-corrected chi connectivity index (χ1v) is 7.27. The predicted molar refractivity (Wildman–Crippen MR) is 78.2 cm³/mol. The van der Waals surface area contributed by atoms with E-state index in [1.807, 2.05) is 0 Å². The Hall–Kier alpha value is -2.48. The molecule has 23 heavy (non-hydrogen) atoms. The molecule has 2 N–H and O–H groups in total. The summed E-state index contributed by atoms with van der Waals surface area (Å²) in [5.41, 5.74) is 0.213. The third kappa shape index (κ3) is 3.84. The molecule has 0 atom stereocenters. The minimum atomic E-state index is -0.908. The molecule has 0 unspecified atom stereocenters. The van der Waals surface area contributed by atoms with Crippen molar-refractivity contribution in [2.75, 3.05) is 5.32 Å². The molecule has 0 saturated heterocycles. The number of halogens is 2. The first-order valence-electron chi connectivity index (χ1n) is 6.89. The standard InChI is InChI=1S/C14H12ClFN4O3/c15-9-5-8(3-4-10(9)16)18-14(22)13(21)17-6-11-19-12(20-23-11)7-1-2-7/h3-5,7H,1-2,6H2,(H,17,21)(H,18,22). The van der Waals surface area contributed by atoms with E-state index >= 15 is 0 Å². The van der Waals surface area contributed by atoms with Crippen molar-refractivity contribution in [1.29, 1.82) is 0 Å². The van der Waals surface area contributed by atoms with E-state index < -0.39 is 17.6 Å². The molecule has 3 rings (SSSR count). The molecule has 1 saturated carbocycles. The summed E-state index contributed by atoms with van der Waals surface area (Å²) in [5, 5.41) is 8.32. The second-order valence-corrected chi connectivity index (χ2v) is 5.49. The van der Waals surface area contributed by atoms with Crippen LogP contribution in [0.1, 0.15) is 30.5 Å². The highest BCUT2D eigenvalue weighted by Gasteiger charge is 2.28. The van der Waals surface area contributed by atoms with Crippen LogP contribution in [-0.4, -0.2) is 22.0 Å². The van der Waals surface area contributed by atoms with Crippen LogP contribution in [0, 0.1) is 5.82 Å². The van der Waals surface area contributed by atoms with Gasteiger partial charge in [-0.3, -0.25) is 9.59 Å². The number of anilines is 1. The summed E-state index contributed by atoms with van der Waals surface area (Å²) in [4.78, 5) is 27.6. The van der Waals surface area contributed by atoms with Gasteiger partial charge in [-0.1, -0.05) is 16.8 Å². The van der Waals surface area contributed by atoms with E-state index in [0.29, 0.717) is 11.7 Å². The van der Waals surface area contributed by atoms with Crippen molar-refractivity contribution in [3.8, 4) is 0 Å². The lowest BCUT2D eigenvalue weighted by Crippen LogP contribution is -2.35. The van der Waals surface area contributed by atoms with Crippen molar-refractivity contribution in [3.63, 3.8) is 0 Å². The number of hydrogen-bond donors (Lipinski definition) is 2. The maximum atomic E-state index is 13.0. The molecule has 120 valence electrons. The molecular weight excluding hydrogens is 327 g/mol. The average molecular weight is 339 g/mol. The lowest BCUT2D eigenvalue weighted by Gasteiger charge is -2.05. The Labute approximate surface area is 135 Å². The second kappa shape index (κ2) is 6.33. The summed E-state index contributed by atoms with van der Waals surface area (Å²) in [5.74, 6) is -1.20. The van der Waals surface area contributed by atoms with Crippen molar-refractivity contribution in [2.24, 2.45) is 0 Å². The first kappa shape index (κ1) is 15.4. The molecule has 1 fully saturated rings. The zero-order valence-electron chi connectivity index (χ0n) is 11.8. The number of amides is 2. The summed E-state index contributed by atoms with van der Waals surface area (Å²) < 4.78 is 18.0. The average Bonchev–Trinajstić information content (AvgIpc) is 3.27. The monoisotopic (exact) mass is 338 g/mol. The molecule has 1 heterocycles. The van der Waals surface area contributed by atoms with Crippen molar-refractivity contribution in [3.05, 3.63) is 40.8 Å². The van der Waals surface area contributed by atoms with E-state index in [1.54, 1.807) is 0 Å². The number of carbonyl (C=O) groups excluding carboxylic acids is 2. The van der Waals surface area contributed by atoms with Crippen LogP contribution in [0.3, 0.4) is 0 Å². The van der Waals surface area contributed by atoms with Gasteiger partial charge < -0.3 is 15.2 Å². The van der Waals surface area contributed by atoms with Gasteiger partial charge in [0.1, 0.15) is 5.82 Å². The van der Waals surface area contributed by atoms with Crippen LogP contribution in [0.4, 0.5) is 10.1 Å². The number of aromatic nitrogens is 2. The summed E-state index contributed by atoms with van der Waals surface area (Å²) >= 11 is 5.60. The molecule has 0 bridgehead atoms. The third-order valence-electron chi connectivity index (χ3n) is 3.21. The Morgan fingerprint density at radius 3 is 2.83 bits per heavy atom. The Morgan fingerprint density at radius 1 is 1.35 bits per heavy atom. The van der Waals surface area contributed by atoms with Gasteiger partial charge in [-0.25, -0.2) is 4.39 Å². The van der Waals surface area contributed by atoms with Crippen LogP contribution in [-0.2, 0) is 16.1 Å². The van der Waals surface area contributed by atoms with E-state index in [-0.39, 0.29) is 23.1 Å². The molecule has 1 aromatic carbocycles. The Kier molecular flexibility index (Phi) is 4.24. The zero-order chi connectivity index (χ0) is 16.4. The normalized spacial score (nSPS) is 13.7. The van der Waals surface area contributed by atoms with E-state index in [0.717, 1.165) is 18.9 Å². The maximum absolute atomic E-state index is 13.0. The molecule has 9 heteroatoms. The smallest absolute Gasteiger partial charge is 0.313 e. The van der Waals surface area contributed by atoms with Crippen molar-refractivity contribution >= 4 is 29.1 Å². The van der Waals surface area contributed by atoms with Gasteiger partial charge in [-0.05, 0) is 31.0 Å². The lowest BCUT2D eigenvalue weighted by molar-refractivity contribution is -0.136. The highest BCUT2D eigenvalue weighted by Crippen LogP contribution is 2.38. The van der Waals surface area contributed by atoms with Crippen LogP contribution in [0.25, 0.3) is 0 Å². The van der Waals surface area contributed by atoms with Gasteiger partial charge in [0.2, 0.25) is 5.89 Å². The summed E-state index contributed by atoms with van der Waals surface area (Å²) in [6, 6.07) is 3.60. The van der Waals surface area contributed by atoms with E-state index in [2.05, 4.69) is 20.8 Å². The summed E-state index contributed by atoms with van der Waals surface area (Å²) in [6.45, 7) is -0.0455. The summed E-state index contributed by atoms with van der Waals surface area (Å²) in [7, 11) is 0. The minimum Gasteiger partial charge on any atom is -0.339 e. The molecular formula is C14H12ClFN4O3. The molecule has 1 aliphatic carbocycles. The van der Waals surface area contributed by atoms with Gasteiger partial charge in [0.05, 0.1) is 11.6 Å². The summed E-state index contributed by atoms with van der Waals surface area (Å²) in [6.07, 6.45) is 2.07. The van der Waals surface area contributed by atoms with Gasteiger partial charge >= 0.3 is 11.8 Å². The second-order valence-electron chi connectivity index (χ2n) is 5.09. The Morgan fingerprint density at radius 2 is 2.13 bits per heavy atom. The molecule has 1 aromatic heterocycles. The van der Waals surface area contributed by atoms with Crippen molar-refractivity contribution in [2.45, 2.75) is 25.3 Å². The first-order chi connectivity index (χ1) is 11.0. The lowest BCUT2D eigenvalue weighted by atomic mass is 10.3. The fourth-order valence-corrected chi connectivity index (χ4v) is 2.03. The van der Waals surface area contributed by atoms with Gasteiger partial charge in [0.25, 0.3) is 0 Å². The zero-order valence-corrected chi connectivity index (χ0v) is 12.6. The van der Waals surface area contributed by atoms with Gasteiger partial charge in [0.15, 0.2) is 5.82 Å². The number of nitrogens with zero attached hydrogens (tertiary/aromatic N) is 2. The van der Waals surface area contributed by atoms with E-state index in [9.17, 15) is 14.0 Å². The van der Waals surface area contributed by atoms with Gasteiger partial charge in [-0.15, -0.1) is 0 Å². The Bertz CT molecular complexity index is 760. The van der Waals surface area contributed by atoms with Crippen LogP contribution in [0.5, 0.6) is 0 Å². The number of nitrogens with one attached hydrogen (secondary N) is 2. The molecule has 0 aliphatic heterocycles.